The molecule has 32 valence electrons. The van der Waals surface area contributed by atoms with E-state index < -0.39 is 22.3 Å². The van der Waals surface area contributed by atoms with Gasteiger partial charge < -0.3 is 0 Å². The van der Waals surface area contributed by atoms with E-state index in [0.717, 1.165) is 0 Å². The third-order valence-corrected chi connectivity index (χ3v) is 3.12. The summed E-state index contributed by atoms with van der Waals surface area (Å²) >= 11 is -2.29. The molecule has 0 aliphatic carbocycles. The second-order valence-corrected chi connectivity index (χ2v) is 4.83. The van der Waals surface area contributed by atoms with Crippen molar-refractivity contribution >= 4 is 22.3 Å². The second-order valence-electron chi connectivity index (χ2n) is 0.872. The third kappa shape index (κ3) is 0.928. The van der Waals surface area contributed by atoms with Gasteiger partial charge in [-0.3, -0.25) is 0 Å². The molecule has 6 nitrogen and oxygen atoms in total. The van der Waals surface area contributed by atoms with Crippen molar-refractivity contribution < 1.29 is 0 Å². The van der Waals surface area contributed by atoms with Crippen LogP contribution in [0.25, 0.3) is 10.4 Å². The van der Waals surface area contributed by atoms with Crippen molar-refractivity contribution in [2.75, 3.05) is 0 Å². The Labute approximate surface area is 47.3 Å². The molecule has 1 heterocycles. The Morgan fingerprint density at radius 3 is 2.57 bits per heavy atom. The molecule has 0 atom stereocenters. The van der Waals surface area contributed by atoms with Gasteiger partial charge >= 0.3 is 47.0 Å². The van der Waals surface area contributed by atoms with Crippen LogP contribution in [0, 0.1) is 0 Å². The van der Waals surface area contributed by atoms with E-state index in [-0.39, 0.29) is 0 Å². The van der Waals surface area contributed by atoms with Gasteiger partial charge in [0.2, 0.25) is 0 Å². The molecule has 0 saturated heterocycles. The molecule has 0 amide bonds. The van der Waals surface area contributed by atoms with E-state index in [9.17, 15) is 0 Å². The van der Waals surface area contributed by atoms with E-state index >= 15 is 0 Å². The fourth-order valence-electron chi connectivity index (χ4n) is 0.190. The zero-order chi connectivity index (χ0) is 5.11. The van der Waals surface area contributed by atoms with Gasteiger partial charge in [-0.05, 0) is 0 Å². The van der Waals surface area contributed by atoms with E-state index in [1.54, 1.807) is 0 Å². The summed E-state index contributed by atoms with van der Waals surface area (Å²) in [6.07, 6.45) is 0. The predicted octanol–water partition coefficient (Wildman–Crippen LogP) is 0.267. The number of nitrogens with zero attached hydrogens (tertiary/aromatic N) is 6. The van der Waals surface area contributed by atoms with Crippen molar-refractivity contribution in [1.82, 2.24) is 4.91 Å². The van der Waals surface area contributed by atoms with Crippen LogP contribution >= 0.6 is 0 Å². The first-order chi connectivity index (χ1) is 3.43. The number of rotatable bonds is 1. The second kappa shape index (κ2) is 1.97. The fraction of sp³-hybridized carbons (Fsp3) is 0. The number of azide groups is 1. The maximum absolute atomic E-state index is 7.75. The van der Waals surface area contributed by atoms with Gasteiger partial charge in [0.1, 0.15) is 0 Å². The summed E-state index contributed by atoms with van der Waals surface area (Å²) in [4.78, 5) is 5.72. The van der Waals surface area contributed by atoms with Crippen LogP contribution in [0.5, 0.6) is 0 Å². The van der Waals surface area contributed by atoms with Gasteiger partial charge in [-0.2, -0.15) is 0 Å². The Bertz CT molecular complexity index is 159. The Balaban J connectivity index is 2.51. The molecule has 1 aliphatic heterocycles. The Morgan fingerprint density at radius 2 is 2.43 bits per heavy atom. The Morgan fingerprint density at radius 1 is 1.71 bits per heavy atom. The van der Waals surface area contributed by atoms with Gasteiger partial charge in [-0.15, -0.1) is 0 Å². The van der Waals surface area contributed by atoms with Crippen molar-refractivity contribution in [3.8, 4) is 0 Å². The standard InChI is InChI=1S/In.2N3/c;2*1-3-2/q+3;2*-1. The van der Waals surface area contributed by atoms with Gasteiger partial charge in [0, 0.05) is 0 Å². The molecule has 0 bridgehead atoms. The van der Waals surface area contributed by atoms with Crippen molar-refractivity contribution in [1.29, 1.82) is 0 Å². The van der Waals surface area contributed by atoms with Crippen LogP contribution in [0.1, 0.15) is 0 Å². The van der Waals surface area contributed by atoms with E-state index in [1.165, 1.54) is 0 Å². The zero-order valence-electron chi connectivity index (χ0n) is 3.26. The normalized spacial score (nSPS) is 12.9. The van der Waals surface area contributed by atoms with Crippen molar-refractivity contribution in [3.05, 3.63) is 10.4 Å². The minimum absolute atomic E-state index is 2.29. The first-order valence-corrected chi connectivity index (χ1v) is 6.00. The van der Waals surface area contributed by atoms with Crippen LogP contribution < -0.4 is 4.91 Å². The van der Waals surface area contributed by atoms with Crippen LogP contribution in [0.4, 0.5) is 0 Å². The summed E-state index contributed by atoms with van der Waals surface area (Å²) in [5, 5.41) is 0. The molecule has 0 N–H and O–H groups in total. The molecular weight excluding hydrogens is 199 g/mol. The van der Waals surface area contributed by atoms with E-state index in [0.29, 0.717) is 0 Å². The van der Waals surface area contributed by atoms with Gasteiger partial charge in [-0.25, -0.2) is 0 Å². The van der Waals surface area contributed by atoms with Crippen molar-refractivity contribution in [2.45, 2.75) is 0 Å². The Hall–Kier alpha value is -0.510. The summed E-state index contributed by atoms with van der Waals surface area (Å²) in [6.45, 7) is 0. The fourth-order valence-corrected chi connectivity index (χ4v) is 1.28. The van der Waals surface area contributed by atoms with Gasteiger partial charge in [-0.1, -0.05) is 0 Å². The summed E-state index contributed by atoms with van der Waals surface area (Å²) in [5.41, 5.74) is 7.75. The topological polar surface area (TPSA) is 87.6 Å². The number of hydrogen-bond donors (Lipinski definition) is 0. The van der Waals surface area contributed by atoms with E-state index in [2.05, 4.69) is 19.1 Å². The molecule has 0 fully saturated rings. The quantitative estimate of drug-likeness (QED) is 0.329. The van der Waals surface area contributed by atoms with Crippen LogP contribution in [-0.4, -0.2) is 22.3 Å². The molecular formula is InN6+. The molecule has 0 unspecified atom stereocenters. The average molecular weight is 199 g/mol. The summed E-state index contributed by atoms with van der Waals surface area (Å²) < 4.78 is 10.3. The van der Waals surface area contributed by atoms with Crippen LogP contribution in [-0.2, 0) is 0 Å². The van der Waals surface area contributed by atoms with Crippen LogP contribution in [0.3, 0.4) is 0 Å². The molecule has 0 saturated carbocycles. The van der Waals surface area contributed by atoms with Crippen molar-refractivity contribution in [3.63, 3.8) is 0 Å². The first-order valence-electron chi connectivity index (χ1n) is 1.57. The molecule has 0 radical (unpaired) electrons. The van der Waals surface area contributed by atoms with Crippen molar-refractivity contribution in [2.24, 2.45) is 9.31 Å². The molecule has 0 aromatic heterocycles. The molecule has 0 aromatic carbocycles. The predicted molar refractivity (Wildman–Crippen MR) is 21.9 cm³/mol. The van der Waals surface area contributed by atoms with E-state index in [4.69, 9.17) is 5.53 Å². The van der Waals surface area contributed by atoms with Crippen LogP contribution in [0.15, 0.2) is 9.31 Å². The number of hydrogen-bond acceptors (Lipinski definition) is 3. The SMILES string of the molecule is [N-]=[N+]=[N][In]1[N]=[N+]=[N]1. The van der Waals surface area contributed by atoms with Crippen LogP contribution in [0.2, 0.25) is 0 Å². The van der Waals surface area contributed by atoms with Gasteiger partial charge in [0.25, 0.3) is 0 Å². The minimum atomic E-state index is -2.29. The summed E-state index contributed by atoms with van der Waals surface area (Å²) in [5.74, 6) is 0. The monoisotopic (exact) mass is 199 g/mol. The van der Waals surface area contributed by atoms with E-state index in [1.807, 2.05) is 0 Å². The zero-order valence-corrected chi connectivity index (χ0v) is 6.56. The molecule has 1 aliphatic rings. The molecule has 7 heavy (non-hydrogen) atoms. The average Bonchev–Trinajstić information content (AvgIpc) is 1.55. The third-order valence-electron chi connectivity index (χ3n) is 0.465. The molecule has 1 rings (SSSR count). The van der Waals surface area contributed by atoms with Gasteiger partial charge in [0.15, 0.2) is 0 Å². The summed E-state index contributed by atoms with van der Waals surface area (Å²) in [7, 11) is 0. The maximum atomic E-state index is 7.75. The molecule has 7 heteroatoms. The summed E-state index contributed by atoms with van der Waals surface area (Å²) in [6, 6.07) is 0. The van der Waals surface area contributed by atoms with Gasteiger partial charge in [0.05, 0.1) is 0 Å². The molecule has 0 spiro atoms. The molecule has 0 aromatic rings. The Kier molecular flexibility index (Phi) is 1.31. The first kappa shape index (κ1) is 4.64.